The first-order valence-corrected chi connectivity index (χ1v) is 5.85. The summed E-state index contributed by atoms with van der Waals surface area (Å²) in [5.41, 5.74) is 6.76. The fourth-order valence-corrected chi connectivity index (χ4v) is 1.75. The lowest BCUT2D eigenvalue weighted by Gasteiger charge is -2.10. The zero-order valence-electron chi connectivity index (χ0n) is 9.21. The number of rotatable bonds is 2. The predicted octanol–water partition coefficient (Wildman–Crippen LogP) is 4.27. The molecule has 0 aliphatic rings. The minimum atomic E-state index is -0.369. The van der Waals surface area contributed by atoms with Crippen LogP contribution in [0, 0.1) is 12.7 Å². The number of hydrogen-bond donors (Lipinski definition) is 1. The molecule has 0 heterocycles. The van der Waals surface area contributed by atoms with Crippen molar-refractivity contribution in [2.24, 2.45) is 0 Å². The van der Waals surface area contributed by atoms with Gasteiger partial charge in [-0.3, -0.25) is 0 Å². The number of halogens is 2. The molecule has 0 aliphatic heterocycles. The number of hydrogen-bond acceptors (Lipinski definition) is 2. The van der Waals surface area contributed by atoms with Crippen LogP contribution in [0.4, 0.5) is 10.1 Å². The molecule has 0 aliphatic carbocycles. The van der Waals surface area contributed by atoms with Crippen LogP contribution in [0.1, 0.15) is 5.56 Å². The molecule has 0 radical (unpaired) electrons. The van der Waals surface area contributed by atoms with Crippen molar-refractivity contribution in [3.05, 3.63) is 52.3 Å². The number of nitrogen functional groups attached to an aromatic ring is 1. The van der Waals surface area contributed by atoms with E-state index in [9.17, 15) is 4.39 Å². The van der Waals surface area contributed by atoms with Gasteiger partial charge in [-0.25, -0.2) is 4.39 Å². The van der Waals surface area contributed by atoms with Crippen molar-refractivity contribution < 1.29 is 9.13 Å². The van der Waals surface area contributed by atoms with Gasteiger partial charge in [0.2, 0.25) is 0 Å². The molecule has 4 heteroatoms. The Kier molecular flexibility index (Phi) is 3.33. The van der Waals surface area contributed by atoms with Crippen molar-refractivity contribution in [3.8, 4) is 11.5 Å². The van der Waals surface area contributed by atoms with Crippen LogP contribution in [0.25, 0.3) is 0 Å². The maximum Gasteiger partial charge on any atom is 0.168 e. The molecule has 2 aromatic rings. The summed E-state index contributed by atoms with van der Waals surface area (Å²) in [7, 11) is 0. The molecular formula is C13H11BrFNO. The summed E-state index contributed by atoms with van der Waals surface area (Å²) in [5, 5.41) is 0. The monoisotopic (exact) mass is 295 g/mol. The van der Waals surface area contributed by atoms with Crippen molar-refractivity contribution in [3.63, 3.8) is 0 Å². The second kappa shape index (κ2) is 4.75. The summed E-state index contributed by atoms with van der Waals surface area (Å²) in [4.78, 5) is 0. The highest BCUT2D eigenvalue weighted by molar-refractivity contribution is 9.10. The maximum absolute atomic E-state index is 13.7. The second-order valence-electron chi connectivity index (χ2n) is 3.67. The van der Waals surface area contributed by atoms with Crippen LogP contribution in [0.15, 0.2) is 40.9 Å². The van der Waals surface area contributed by atoms with Crippen molar-refractivity contribution in [1.82, 2.24) is 0 Å². The van der Waals surface area contributed by atoms with Crippen molar-refractivity contribution >= 4 is 21.6 Å². The Balaban J connectivity index is 2.38. The standard InChI is InChI=1S/C13H11BrFNO/c1-8-3-2-4-11(13(8)15)17-12-7-9(14)5-6-10(12)16/h2-7H,16H2,1H3. The van der Waals surface area contributed by atoms with Gasteiger partial charge in [-0.2, -0.15) is 0 Å². The molecule has 0 aromatic heterocycles. The van der Waals surface area contributed by atoms with E-state index in [0.29, 0.717) is 17.0 Å². The fourth-order valence-electron chi connectivity index (χ4n) is 1.41. The lowest BCUT2D eigenvalue weighted by atomic mass is 10.2. The van der Waals surface area contributed by atoms with Crippen LogP contribution in [0.3, 0.4) is 0 Å². The van der Waals surface area contributed by atoms with Crippen molar-refractivity contribution in [1.29, 1.82) is 0 Å². The molecular weight excluding hydrogens is 285 g/mol. The molecule has 2 nitrogen and oxygen atoms in total. The van der Waals surface area contributed by atoms with Crippen LogP contribution < -0.4 is 10.5 Å². The Hall–Kier alpha value is -1.55. The number of nitrogens with two attached hydrogens (primary N) is 1. The first kappa shape index (κ1) is 11.9. The van der Waals surface area contributed by atoms with Crippen LogP contribution >= 0.6 is 15.9 Å². The number of benzene rings is 2. The SMILES string of the molecule is Cc1cccc(Oc2cc(Br)ccc2N)c1F. The average molecular weight is 296 g/mol. The molecule has 0 spiro atoms. The van der Waals surface area contributed by atoms with E-state index in [1.807, 2.05) is 0 Å². The van der Waals surface area contributed by atoms with Crippen molar-refractivity contribution in [2.45, 2.75) is 6.92 Å². The van der Waals surface area contributed by atoms with Gasteiger partial charge in [0.25, 0.3) is 0 Å². The van der Waals surface area contributed by atoms with Gasteiger partial charge >= 0.3 is 0 Å². The minimum absolute atomic E-state index is 0.176. The van der Waals surface area contributed by atoms with E-state index in [1.54, 1.807) is 43.3 Å². The smallest absolute Gasteiger partial charge is 0.168 e. The second-order valence-corrected chi connectivity index (χ2v) is 4.59. The van der Waals surface area contributed by atoms with Crippen LogP contribution in [-0.2, 0) is 0 Å². The van der Waals surface area contributed by atoms with Gasteiger partial charge in [-0.1, -0.05) is 28.1 Å². The minimum Gasteiger partial charge on any atom is -0.452 e. The number of ether oxygens (including phenoxy) is 1. The van der Waals surface area contributed by atoms with E-state index in [4.69, 9.17) is 10.5 Å². The van der Waals surface area contributed by atoms with Crippen LogP contribution in [0.2, 0.25) is 0 Å². The van der Waals surface area contributed by atoms with Gasteiger partial charge in [0.1, 0.15) is 0 Å². The number of anilines is 1. The quantitative estimate of drug-likeness (QED) is 0.840. The Morgan fingerprint density at radius 2 is 1.94 bits per heavy atom. The van der Waals surface area contributed by atoms with E-state index in [-0.39, 0.29) is 11.6 Å². The third-order valence-electron chi connectivity index (χ3n) is 2.35. The van der Waals surface area contributed by atoms with E-state index in [1.165, 1.54) is 0 Å². The molecule has 17 heavy (non-hydrogen) atoms. The Morgan fingerprint density at radius 3 is 2.71 bits per heavy atom. The van der Waals surface area contributed by atoms with E-state index < -0.39 is 0 Å². The summed E-state index contributed by atoms with van der Waals surface area (Å²) < 4.78 is 20.0. The summed E-state index contributed by atoms with van der Waals surface area (Å²) in [5.74, 6) is 0.241. The summed E-state index contributed by atoms with van der Waals surface area (Å²) in [6, 6.07) is 10.2. The van der Waals surface area contributed by atoms with Gasteiger partial charge in [0.05, 0.1) is 5.69 Å². The molecule has 0 unspecified atom stereocenters. The topological polar surface area (TPSA) is 35.2 Å². The third-order valence-corrected chi connectivity index (χ3v) is 2.85. The average Bonchev–Trinajstić information content (AvgIpc) is 2.30. The zero-order valence-corrected chi connectivity index (χ0v) is 10.8. The highest BCUT2D eigenvalue weighted by Gasteiger charge is 2.09. The largest absolute Gasteiger partial charge is 0.452 e. The van der Waals surface area contributed by atoms with Gasteiger partial charge in [-0.15, -0.1) is 0 Å². The van der Waals surface area contributed by atoms with Gasteiger partial charge in [0.15, 0.2) is 17.3 Å². The Labute approximate surface area is 107 Å². The maximum atomic E-state index is 13.7. The molecule has 0 fully saturated rings. The van der Waals surface area contributed by atoms with E-state index >= 15 is 0 Å². The molecule has 0 atom stereocenters. The summed E-state index contributed by atoms with van der Waals surface area (Å²) in [6.07, 6.45) is 0. The fraction of sp³-hybridized carbons (Fsp3) is 0.0769. The first-order valence-electron chi connectivity index (χ1n) is 5.06. The molecule has 0 saturated carbocycles. The van der Waals surface area contributed by atoms with Crippen molar-refractivity contribution in [2.75, 3.05) is 5.73 Å². The molecule has 2 rings (SSSR count). The molecule has 0 amide bonds. The van der Waals surface area contributed by atoms with Crippen LogP contribution in [0.5, 0.6) is 11.5 Å². The normalized spacial score (nSPS) is 10.3. The molecule has 2 aromatic carbocycles. The summed E-state index contributed by atoms with van der Waals surface area (Å²) >= 11 is 3.31. The predicted molar refractivity (Wildman–Crippen MR) is 69.8 cm³/mol. The Morgan fingerprint density at radius 1 is 1.18 bits per heavy atom. The molecule has 88 valence electrons. The molecule has 2 N–H and O–H groups in total. The van der Waals surface area contributed by atoms with Crippen LogP contribution in [-0.4, -0.2) is 0 Å². The molecule has 0 bridgehead atoms. The Bertz CT molecular complexity index is 557. The first-order chi connectivity index (χ1) is 8.08. The lowest BCUT2D eigenvalue weighted by Crippen LogP contribution is -1.94. The highest BCUT2D eigenvalue weighted by Crippen LogP contribution is 2.32. The third kappa shape index (κ3) is 2.58. The lowest BCUT2D eigenvalue weighted by molar-refractivity contribution is 0.441. The zero-order chi connectivity index (χ0) is 12.4. The number of aryl methyl sites for hydroxylation is 1. The van der Waals surface area contributed by atoms with E-state index in [0.717, 1.165) is 4.47 Å². The van der Waals surface area contributed by atoms with Gasteiger partial charge < -0.3 is 10.5 Å². The molecule has 0 saturated heterocycles. The van der Waals surface area contributed by atoms with Gasteiger partial charge in [0, 0.05) is 4.47 Å². The summed E-state index contributed by atoms with van der Waals surface area (Å²) in [6.45, 7) is 1.69. The van der Waals surface area contributed by atoms with E-state index in [2.05, 4.69) is 15.9 Å². The van der Waals surface area contributed by atoms with Gasteiger partial charge in [-0.05, 0) is 36.8 Å². The highest BCUT2D eigenvalue weighted by atomic mass is 79.9.